The third kappa shape index (κ3) is 5.32. The highest BCUT2D eigenvalue weighted by molar-refractivity contribution is 5.32. The number of nitrogen functional groups attached to an aromatic ring is 1. The number of nitrogens with two attached hydrogens (primary N) is 1. The molecule has 8 heteroatoms. The average Bonchev–Trinajstić information content (AvgIpc) is 2.45. The summed E-state index contributed by atoms with van der Waals surface area (Å²) in [6.07, 6.45) is 0.621. The molecule has 0 saturated heterocycles. The lowest BCUT2D eigenvalue weighted by atomic mass is 10.1. The largest absolute Gasteiger partial charge is 0.493 e. The Morgan fingerprint density at radius 3 is 2.74 bits per heavy atom. The standard InChI is InChI=1S/C15H19F2N5O/c1-15(2,17)12-20-13(18)22-14(21-12)19-7-4-8-23-11-6-3-5-10(16)9-11/h3,5-6,9H,4,7-8H2,1-2H3,(H3,18,19,20,21,22). The Balaban J connectivity index is 1.81. The molecule has 1 aromatic heterocycles. The van der Waals surface area contributed by atoms with E-state index in [-0.39, 0.29) is 23.5 Å². The molecule has 0 amide bonds. The Bertz CT molecular complexity index is 661. The Labute approximate surface area is 133 Å². The summed E-state index contributed by atoms with van der Waals surface area (Å²) < 4.78 is 32.2. The summed E-state index contributed by atoms with van der Waals surface area (Å²) in [5.74, 6) is 0.269. The molecule has 0 spiro atoms. The molecule has 0 bridgehead atoms. The third-order valence-corrected chi connectivity index (χ3v) is 2.85. The van der Waals surface area contributed by atoms with Crippen LogP contribution in [0.15, 0.2) is 24.3 Å². The molecule has 0 unspecified atom stereocenters. The van der Waals surface area contributed by atoms with Crippen LogP contribution in [0.25, 0.3) is 0 Å². The van der Waals surface area contributed by atoms with Crippen LogP contribution in [0, 0.1) is 5.82 Å². The average molecular weight is 323 g/mol. The number of hydrogen-bond donors (Lipinski definition) is 2. The van der Waals surface area contributed by atoms with Gasteiger partial charge in [0.1, 0.15) is 11.6 Å². The lowest BCUT2D eigenvalue weighted by Gasteiger charge is -2.14. The predicted molar refractivity (Wildman–Crippen MR) is 83.4 cm³/mol. The molecule has 1 heterocycles. The summed E-state index contributed by atoms with van der Waals surface area (Å²) in [6, 6.07) is 5.93. The molecule has 0 radical (unpaired) electrons. The second kappa shape index (κ2) is 7.17. The van der Waals surface area contributed by atoms with E-state index < -0.39 is 5.67 Å². The van der Waals surface area contributed by atoms with Gasteiger partial charge in [0.15, 0.2) is 11.5 Å². The summed E-state index contributed by atoms with van der Waals surface area (Å²) in [5, 5.41) is 2.93. The molecule has 6 nitrogen and oxygen atoms in total. The van der Waals surface area contributed by atoms with E-state index in [4.69, 9.17) is 10.5 Å². The highest BCUT2D eigenvalue weighted by Gasteiger charge is 2.24. The van der Waals surface area contributed by atoms with Gasteiger partial charge in [0.25, 0.3) is 0 Å². The van der Waals surface area contributed by atoms with Crippen LogP contribution in [0.3, 0.4) is 0 Å². The smallest absolute Gasteiger partial charge is 0.227 e. The van der Waals surface area contributed by atoms with Crippen molar-refractivity contribution < 1.29 is 13.5 Å². The van der Waals surface area contributed by atoms with Gasteiger partial charge >= 0.3 is 0 Å². The second-order valence-corrected chi connectivity index (χ2v) is 5.40. The van der Waals surface area contributed by atoms with E-state index in [0.717, 1.165) is 0 Å². The van der Waals surface area contributed by atoms with Gasteiger partial charge in [-0.3, -0.25) is 0 Å². The Morgan fingerprint density at radius 2 is 2.04 bits per heavy atom. The number of alkyl halides is 1. The van der Waals surface area contributed by atoms with Crippen LogP contribution in [0.5, 0.6) is 5.75 Å². The maximum absolute atomic E-state index is 13.9. The van der Waals surface area contributed by atoms with Crippen LogP contribution in [-0.2, 0) is 5.67 Å². The van der Waals surface area contributed by atoms with Crippen molar-refractivity contribution in [1.29, 1.82) is 0 Å². The first-order valence-corrected chi connectivity index (χ1v) is 7.18. The quantitative estimate of drug-likeness (QED) is 0.762. The van der Waals surface area contributed by atoms with Gasteiger partial charge in [-0.05, 0) is 32.4 Å². The van der Waals surface area contributed by atoms with Crippen molar-refractivity contribution in [3.8, 4) is 5.75 Å². The normalized spacial score (nSPS) is 11.3. The van der Waals surface area contributed by atoms with Crippen molar-refractivity contribution >= 4 is 11.9 Å². The van der Waals surface area contributed by atoms with Gasteiger partial charge in [-0.2, -0.15) is 15.0 Å². The van der Waals surface area contributed by atoms with Crippen molar-refractivity contribution in [3.63, 3.8) is 0 Å². The molecule has 3 N–H and O–H groups in total. The molecule has 124 valence electrons. The molecule has 0 aliphatic rings. The lowest BCUT2D eigenvalue weighted by Crippen LogP contribution is -2.19. The summed E-state index contributed by atoms with van der Waals surface area (Å²) in [5.41, 5.74) is 3.85. The van der Waals surface area contributed by atoms with Crippen molar-refractivity contribution in [2.45, 2.75) is 25.9 Å². The topological polar surface area (TPSA) is 86.0 Å². The third-order valence-electron chi connectivity index (χ3n) is 2.85. The van der Waals surface area contributed by atoms with Crippen molar-refractivity contribution in [2.75, 3.05) is 24.2 Å². The van der Waals surface area contributed by atoms with E-state index >= 15 is 0 Å². The Kier molecular flexibility index (Phi) is 5.25. The number of ether oxygens (including phenoxy) is 1. The molecule has 23 heavy (non-hydrogen) atoms. The SMILES string of the molecule is CC(C)(F)c1nc(N)nc(NCCCOc2cccc(F)c2)n1. The summed E-state index contributed by atoms with van der Waals surface area (Å²) in [7, 11) is 0. The highest BCUT2D eigenvalue weighted by Crippen LogP contribution is 2.21. The van der Waals surface area contributed by atoms with Gasteiger partial charge in [0.05, 0.1) is 6.61 Å². The molecular weight excluding hydrogens is 304 g/mol. The summed E-state index contributed by atoms with van der Waals surface area (Å²) >= 11 is 0. The number of hydrogen-bond acceptors (Lipinski definition) is 6. The van der Waals surface area contributed by atoms with Gasteiger partial charge in [0, 0.05) is 12.6 Å². The number of nitrogens with zero attached hydrogens (tertiary/aromatic N) is 3. The highest BCUT2D eigenvalue weighted by atomic mass is 19.1. The van der Waals surface area contributed by atoms with Crippen LogP contribution in [0.2, 0.25) is 0 Å². The zero-order valence-electron chi connectivity index (χ0n) is 13.0. The van der Waals surface area contributed by atoms with E-state index in [1.807, 2.05) is 0 Å². The fraction of sp³-hybridized carbons (Fsp3) is 0.400. The van der Waals surface area contributed by atoms with Gasteiger partial charge < -0.3 is 15.8 Å². The van der Waals surface area contributed by atoms with Gasteiger partial charge in [0.2, 0.25) is 11.9 Å². The van der Waals surface area contributed by atoms with Crippen LogP contribution in [-0.4, -0.2) is 28.1 Å². The van der Waals surface area contributed by atoms with E-state index in [1.54, 1.807) is 12.1 Å². The molecular formula is C15H19F2N5O. The van der Waals surface area contributed by atoms with Gasteiger partial charge in [-0.25, -0.2) is 8.78 Å². The number of benzene rings is 1. The summed E-state index contributed by atoms with van der Waals surface area (Å²) in [4.78, 5) is 11.7. The number of halogens is 2. The molecule has 0 aliphatic carbocycles. The first-order valence-electron chi connectivity index (χ1n) is 7.18. The van der Waals surface area contributed by atoms with Crippen LogP contribution >= 0.6 is 0 Å². The summed E-state index contributed by atoms with van der Waals surface area (Å²) in [6.45, 7) is 3.57. The minimum atomic E-state index is -1.70. The van der Waals surface area contributed by atoms with Gasteiger partial charge in [-0.1, -0.05) is 6.07 Å². The van der Waals surface area contributed by atoms with Gasteiger partial charge in [-0.15, -0.1) is 0 Å². The minimum Gasteiger partial charge on any atom is -0.493 e. The molecule has 0 saturated carbocycles. The number of rotatable bonds is 7. The minimum absolute atomic E-state index is 0.0245. The molecule has 2 aromatic rings. The van der Waals surface area contributed by atoms with Crippen molar-refractivity contribution in [2.24, 2.45) is 0 Å². The zero-order chi connectivity index (χ0) is 16.9. The first kappa shape index (κ1) is 16.9. The van der Waals surface area contributed by atoms with Crippen LogP contribution in [0.1, 0.15) is 26.1 Å². The van der Waals surface area contributed by atoms with E-state index in [2.05, 4.69) is 20.3 Å². The van der Waals surface area contributed by atoms with Crippen LogP contribution in [0.4, 0.5) is 20.7 Å². The lowest BCUT2D eigenvalue weighted by molar-refractivity contribution is 0.206. The molecule has 0 atom stereocenters. The second-order valence-electron chi connectivity index (χ2n) is 5.40. The Hall–Kier alpha value is -2.51. The first-order chi connectivity index (χ1) is 10.8. The van der Waals surface area contributed by atoms with E-state index in [0.29, 0.717) is 25.3 Å². The van der Waals surface area contributed by atoms with Crippen LogP contribution < -0.4 is 15.8 Å². The van der Waals surface area contributed by atoms with Crippen molar-refractivity contribution in [3.05, 3.63) is 35.9 Å². The van der Waals surface area contributed by atoms with E-state index in [1.165, 1.54) is 26.0 Å². The fourth-order valence-electron chi connectivity index (χ4n) is 1.76. The molecule has 0 aliphatic heterocycles. The van der Waals surface area contributed by atoms with E-state index in [9.17, 15) is 8.78 Å². The number of nitrogens with one attached hydrogen (secondary N) is 1. The maximum atomic E-state index is 13.9. The maximum Gasteiger partial charge on any atom is 0.227 e. The fourth-order valence-corrected chi connectivity index (χ4v) is 1.76. The predicted octanol–water partition coefficient (Wildman–Crippen LogP) is 2.68. The molecule has 0 fully saturated rings. The molecule has 1 aromatic carbocycles. The van der Waals surface area contributed by atoms with Crippen molar-refractivity contribution in [1.82, 2.24) is 15.0 Å². The monoisotopic (exact) mass is 323 g/mol. The number of aromatic nitrogens is 3. The zero-order valence-corrected chi connectivity index (χ0v) is 13.0. The molecule has 2 rings (SSSR count). The number of anilines is 2. The Morgan fingerprint density at radius 1 is 1.26 bits per heavy atom.